The van der Waals surface area contributed by atoms with E-state index in [4.69, 9.17) is 9.47 Å². The molecular formula is C19H22F2N2O5. The molecule has 0 unspecified atom stereocenters. The molecule has 1 N–H and O–H groups in total. The van der Waals surface area contributed by atoms with Gasteiger partial charge in [-0.2, -0.15) is 14.0 Å². The molecule has 1 aliphatic rings. The monoisotopic (exact) mass is 396 g/mol. The average Bonchev–Trinajstić information content (AvgIpc) is 2.68. The van der Waals surface area contributed by atoms with Crippen LogP contribution in [0.4, 0.5) is 8.78 Å². The third-order valence-electron chi connectivity index (χ3n) is 4.55. The Kier molecular flexibility index (Phi) is 7.15. The molecule has 1 atom stereocenters. The smallest absolute Gasteiger partial charge is 0.387 e. The number of hydrogen-bond donors (Lipinski definition) is 1. The number of nitrogens with zero attached hydrogens (tertiary/aromatic N) is 1. The first kappa shape index (κ1) is 21.4. The highest BCUT2D eigenvalue weighted by molar-refractivity contribution is 5.93. The Bertz CT molecular complexity index is 757. The van der Waals surface area contributed by atoms with E-state index in [0.29, 0.717) is 12.8 Å². The van der Waals surface area contributed by atoms with Gasteiger partial charge in [0.05, 0.1) is 18.7 Å². The Balaban J connectivity index is 2.03. The summed E-state index contributed by atoms with van der Waals surface area (Å²) in [7, 11) is 1.24. The van der Waals surface area contributed by atoms with Gasteiger partial charge < -0.3 is 19.5 Å². The molecule has 0 heterocycles. The molecule has 0 aliphatic heterocycles. The van der Waals surface area contributed by atoms with Gasteiger partial charge in [-0.25, -0.2) is 4.79 Å². The first-order valence-electron chi connectivity index (χ1n) is 8.87. The van der Waals surface area contributed by atoms with Crippen molar-refractivity contribution >= 4 is 11.9 Å². The predicted molar refractivity (Wildman–Crippen MR) is 94.1 cm³/mol. The molecule has 0 radical (unpaired) electrons. The third kappa shape index (κ3) is 5.31. The van der Waals surface area contributed by atoms with Crippen LogP contribution in [0.1, 0.15) is 49.4 Å². The van der Waals surface area contributed by atoms with Crippen molar-refractivity contribution in [3.05, 3.63) is 23.8 Å². The SMILES string of the molecule is COc1cc(C(=O)O[C@@H](C)C(=O)NC2(C#N)CCCCC2)ccc1OC(F)F. The van der Waals surface area contributed by atoms with Crippen LogP contribution in [0.15, 0.2) is 18.2 Å². The Morgan fingerprint density at radius 1 is 1.21 bits per heavy atom. The van der Waals surface area contributed by atoms with E-state index in [1.807, 2.05) is 0 Å². The number of halogens is 2. The molecule has 0 aromatic heterocycles. The minimum Gasteiger partial charge on any atom is -0.493 e. The second-order valence-electron chi connectivity index (χ2n) is 6.54. The number of methoxy groups -OCH3 is 1. The van der Waals surface area contributed by atoms with E-state index in [1.54, 1.807) is 0 Å². The summed E-state index contributed by atoms with van der Waals surface area (Å²) >= 11 is 0. The molecule has 152 valence electrons. The summed E-state index contributed by atoms with van der Waals surface area (Å²) in [6.07, 6.45) is 2.67. The first-order valence-corrected chi connectivity index (χ1v) is 8.87. The minimum absolute atomic E-state index is 0.00535. The van der Waals surface area contributed by atoms with Crippen LogP contribution in [-0.4, -0.2) is 37.2 Å². The highest BCUT2D eigenvalue weighted by Gasteiger charge is 2.35. The largest absolute Gasteiger partial charge is 0.493 e. The number of carbonyl (C=O) groups is 2. The van der Waals surface area contributed by atoms with Gasteiger partial charge in [0.2, 0.25) is 0 Å². The molecule has 0 bridgehead atoms. The lowest BCUT2D eigenvalue weighted by Gasteiger charge is -2.32. The van der Waals surface area contributed by atoms with Gasteiger partial charge in [-0.3, -0.25) is 4.79 Å². The van der Waals surface area contributed by atoms with Crippen LogP contribution in [0.3, 0.4) is 0 Å². The Labute approximate surface area is 161 Å². The molecule has 1 aliphatic carbocycles. The Hall–Kier alpha value is -2.89. The van der Waals surface area contributed by atoms with Gasteiger partial charge in [-0.1, -0.05) is 19.3 Å². The van der Waals surface area contributed by atoms with Crippen LogP contribution in [0.5, 0.6) is 11.5 Å². The lowest BCUT2D eigenvalue weighted by molar-refractivity contribution is -0.130. The summed E-state index contributed by atoms with van der Waals surface area (Å²) in [5.41, 5.74) is -0.932. The lowest BCUT2D eigenvalue weighted by atomic mass is 9.83. The Morgan fingerprint density at radius 2 is 1.89 bits per heavy atom. The molecule has 0 spiro atoms. The predicted octanol–water partition coefficient (Wildman–Crippen LogP) is 3.18. The van der Waals surface area contributed by atoms with Gasteiger partial charge in [0.1, 0.15) is 5.54 Å². The van der Waals surface area contributed by atoms with Gasteiger partial charge in [0.25, 0.3) is 5.91 Å². The van der Waals surface area contributed by atoms with Crippen LogP contribution in [0.25, 0.3) is 0 Å². The minimum atomic E-state index is -3.04. The molecule has 1 amide bonds. The molecule has 2 rings (SSSR count). The second-order valence-corrected chi connectivity index (χ2v) is 6.54. The standard InChI is InChI=1S/C19H22F2N2O5/c1-12(16(24)23-19(11-22)8-4-3-5-9-19)27-17(25)13-6-7-14(28-18(20)21)15(10-13)26-2/h6-7,10,12,18H,3-5,8-9H2,1-2H3,(H,23,24)/t12-/m0/s1. The van der Waals surface area contributed by atoms with Crippen molar-refractivity contribution in [2.45, 2.75) is 57.3 Å². The molecule has 9 heteroatoms. The fourth-order valence-corrected chi connectivity index (χ4v) is 3.03. The highest BCUT2D eigenvalue weighted by atomic mass is 19.3. The fraction of sp³-hybridized carbons (Fsp3) is 0.526. The number of hydrogen-bond acceptors (Lipinski definition) is 6. The topological polar surface area (TPSA) is 97.6 Å². The van der Waals surface area contributed by atoms with Gasteiger partial charge in [-0.15, -0.1) is 0 Å². The maximum Gasteiger partial charge on any atom is 0.387 e. The number of benzene rings is 1. The molecule has 1 aromatic rings. The zero-order valence-corrected chi connectivity index (χ0v) is 15.7. The van der Waals surface area contributed by atoms with E-state index in [2.05, 4.69) is 16.1 Å². The number of rotatable bonds is 7. The van der Waals surface area contributed by atoms with Crippen molar-refractivity contribution in [2.24, 2.45) is 0 Å². The van der Waals surface area contributed by atoms with Crippen molar-refractivity contribution in [2.75, 3.05) is 7.11 Å². The number of nitrogens with one attached hydrogen (secondary N) is 1. The van der Waals surface area contributed by atoms with Crippen molar-refractivity contribution in [1.29, 1.82) is 5.26 Å². The number of nitriles is 1. The summed E-state index contributed by atoms with van der Waals surface area (Å²) in [5.74, 6) is -1.70. The third-order valence-corrected chi connectivity index (χ3v) is 4.55. The van der Waals surface area contributed by atoms with Gasteiger partial charge in [0, 0.05) is 0 Å². The van der Waals surface area contributed by atoms with Crippen molar-refractivity contribution in [3.8, 4) is 17.6 Å². The number of alkyl halides is 2. The average molecular weight is 396 g/mol. The normalized spacial score (nSPS) is 16.6. The summed E-state index contributed by atoms with van der Waals surface area (Å²) in [6.45, 7) is -1.64. The van der Waals surface area contributed by atoms with E-state index in [0.717, 1.165) is 25.3 Å². The first-order chi connectivity index (χ1) is 13.3. The van der Waals surface area contributed by atoms with Crippen LogP contribution in [-0.2, 0) is 9.53 Å². The number of carbonyl (C=O) groups excluding carboxylic acids is 2. The molecule has 7 nitrogen and oxygen atoms in total. The maximum atomic E-state index is 12.4. The van der Waals surface area contributed by atoms with Crippen molar-refractivity contribution in [3.63, 3.8) is 0 Å². The van der Waals surface area contributed by atoms with E-state index in [-0.39, 0.29) is 17.1 Å². The van der Waals surface area contributed by atoms with Crippen LogP contribution < -0.4 is 14.8 Å². The van der Waals surface area contributed by atoms with E-state index in [1.165, 1.54) is 26.2 Å². The van der Waals surface area contributed by atoms with E-state index in [9.17, 15) is 23.6 Å². The second kappa shape index (κ2) is 9.35. The van der Waals surface area contributed by atoms with Crippen molar-refractivity contribution < 1.29 is 32.6 Å². The summed E-state index contributed by atoms with van der Waals surface area (Å²) < 4.78 is 39.1. The zero-order chi connectivity index (χ0) is 20.7. The van der Waals surface area contributed by atoms with Crippen LogP contribution in [0, 0.1) is 11.3 Å². The molecule has 28 heavy (non-hydrogen) atoms. The summed E-state index contributed by atoms with van der Waals surface area (Å²) in [6, 6.07) is 5.72. The number of esters is 1. The quantitative estimate of drug-likeness (QED) is 0.711. The van der Waals surface area contributed by atoms with Crippen LogP contribution >= 0.6 is 0 Å². The summed E-state index contributed by atoms with van der Waals surface area (Å²) in [5, 5.41) is 12.1. The van der Waals surface area contributed by atoms with Crippen molar-refractivity contribution in [1.82, 2.24) is 5.32 Å². The van der Waals surface area contributed by atoms with Gasteiger partial charge in [-0.05, 0) is 38.0 Å². The lowest BCUT2D eigenvalue weighted by Crippen LogP contribution is -2.52. The molecule has 1 fully saturated rings. The van der Waals surface area contributed by atoms with Crippen LogP contribution in [0.2, 0.25) is 0 Å². The molecule has 1 aromatic carbocycles. The molecule has 1 saturated carbocycles. The number of ether oxygens (including phenoxy) is 3. The van der Waals surface area contributed by atoms with Gasteiger partial charge >= 0.3 is 12.6 Å². The molecule has 0 saturated heterocycles. The van der Waals surface area contributed by atoms with E-state index < -0.39 is 30.1 Å². The highest BCUT2D eigenvalue weighted by Crippen LogP contribution is 2.30. The zero-order valence-electron chi connectivity index (χ0n) is 15.7. The number of amides is 1. The summed E-state index contributed by atoms with van der Waals surface area (Å²) in [4.78, 5) is 24.7. The molecular weight excluding hydrogens is 374 g/mol. The Morgan fingerprint density at radius 3 is 2.46 bits per heavy atom. The fourth-order valence-electron chi connectivity index (χ4n) is 3.03. The van der Waals surface area contributed by atoms with E-state index >= 15 is 0 Å². The van der Waals surface area contributed by atoms with Gasteiger partial charge in [0.15, 0.2) is 17.6 Å². The maximum absolute atomic E-state index is 12.4.